The highest BCUT2D eigenvalue weighted by atomic mass is 19.1. The number of aromatic amines is 1. The average Bonchev–Trinajstić information content (AvgIpc) is 3.26. The molecule has 0 aliphatic heterocycles. The van der Waals surface area contributed by atoms with Crippen LogP contribution in [-0.2, 0) is 13.6 Å². The highest BCUT2D eigenvalue weighted by Crippen LogP contribution is 2.32. The molecule has 0 radical (unpaired) electrons. The minimum absolute atomic E-state index is 0.136. The first-order chi connectivity index (χ1) is 13.4. The number of pyridine rings is 1. The Hall–Kier alpha value is -3.13. The van der Waals surface area contributed by atoms with Crippen LogP contribution < -0.4 is 5.32 Å². The lowest BCUT2D eigenvalue weighted by Gasteiger charge is -2.12. The van der Waals surface area contributed by atoms with E-state index in [-0.39, 0.29) is 17.3 Å². The van der Waals surface area contributed by atoms with E-state index in [0.29, 0.717) is 23.3 Å². The van der Waals surface area contributed by atoms with Gasteiger partial charge in [-0.05, 0) is 12.1 Å². The summed E-state index contributed by atoms with van der Waals surface area (Å²) in [5.41, 5.74) is 2.63. The number of fused-ring (bicyclic) bond motifs is 1. The number of halogens is 2. The number of aromatic nitrogens is 5. The summed E-state index contributed by atoms with van der Waals surface area (Å²) in [5.74, 6) is -1.25. The first kappa shape index (κ1) is 18.2. The van der Waals surface area contributed by atoms with Crippen molar-refractivity contribution < 1.29 is 8.78 Å². The zero-order valence-corrected chi connectivity index (χ0v) is 15.8. The second-order valence-electron chi connectivity index (χ2n) is 7.02. The van der Waals surface area contributed by atoms with Gasteiger partial charge in [0.05, 0.1) is 29.2 Å². The van der Waals surface area contributed by atoms with Crippen molar-refractivity contribution in [2.75, 3.05) is 0 Å². The fraction of sp³-hybridized carbons (Fsp3) is 0.250. The number of aryl methyl sites for hydroxylation is 1. The van der Waals surface area contributed by atoms with Crippen LogP contribution in [0, 0.1) is 11.6 Å². The van der Waals surface area contributed by atoms with Gasteiger partial charge >= 0.3 is 0 Å². The molecule has 0 aliphatic rings. The number of nitrogens with one attached hydrogen (secondary N) is 2. The average molecular weight is 382 g/mol. The zero-order chi connectivity index (χ0) is 19.8. The summed E-state index contributed by atoms with van der Waals surface area (Å²) >= 11 is 0. The molecule has 0 saturated carbocycles. The predicted molar refractivity (Wildman–Crippen MR) is 103 cm³/mol. The van der Waals surface area contributed by atoms with Crippen molar-refractivity contribution >= 4 is 10.9 Å². The van der Waals surface area contributed by atoms with Crippen molar-refractivity contribution in [3.8, 4) is 22.5 Å². The van der Waals surface area contributed by atoms with Gasteiger partial charge in [-0.25, -0.2) is 8.78 Å². The molecular weight excluding hydrogens is 362 g/mol. The molecule has 4 aromatic rings. The molecule has 0 spiro atoms. The Morgan fingerprint density at radius 3 is 2.75 bits per heavy atom. The molecular formula is C20H20F2N6. The number of rotatable bonds is 5. The Labute approximate surface area is 160 Å². The van der Waals surface area contributed by atoms with Crippen LogP contribution in [0.15, 0.2) is 36.8 Å². The van der Waals surface area contributed by atoms with Crippen molar-refractivity contribution in [2.24, 2.45) is 7.05 Å². The largest absolute Gasteiger partial charge is 0.310 e. The summed E-state index contributed by atoms with van der Waals surface area (Å²) in [6.07, 6.45) is 5.06. The monoisotopic (exact) mass is 382 g/mol. The lowest BCUT2D eigenvalue weighted by Crippen LogP contribution is -2.22. The van der Waals surface area contributed by atoms with Crippen molar-refractivity contribution in [1.29, 1.82) is 0 Å². The Morgan fingerprint density at radius 2 is 2.04 bits per heavy atom. The molecule has 8 heteroatoms. The molecule has 2 N–H and O–H groups in total. The lowest BCUT2D eigenvalue weighted by molar-refractivity contribution is 0.543. The second kappa shape index (κ2) is 7.12. The highest BCUT2D eigenvalue weighted by molar-refractivity contribution is 5.94. The van der Waals surface area contributed by atoms with E-state index in [1.807, 2.05) is 27.1 Å². The first-order valence-electron chi connectivity index (χ1n) is 8.98. The number of benzene rings is 1. The predicted octanol–water partition coefficient (Wildman–Crippen LogP) is 3.80. The summed E-state index contributed by atoms with van der Waals surface area (Å²) in [7, 11) is 1.81. The van der Waals surface area contributed by atoms with Gasteiger partial charge in [-0.2, -0.15) is 10.2 Å². The quantitative estimate of drug-likeness (QED) is 0.551. The lowest BCUT2D eigenvalue weighted by atomic mass is 10.0. The van der Waals surface area contributed by atoms with Crippen LogP contribution in [0.5, 0.6) is 0 Å². The summed E-state index contributed by atoms with van der Waals surface area (Å²) in [6.45, 7) is 4.25. The second-order valence-corrected chi connectivity index (χ2v) is 7.02. The molecule has 6 nitrogen and oxygen atoms in total. The molecule has 0 amide bonds. The topological polar surface area (TPSA) is 71.4 Å². The minimum atomic E-state index is -0.649. The van der Waals surface area contributed by atoms with Gasteiger partial charge in [-0.1, -0.05) is 19.9 Å². The van der Waals surface area contributed by atoms with E-state index in [4.69, 9.17) is 0 Å². The summed E-state index contributed by atoms with van der Waals surface area (Å²) in [4.78, 5) is 4.25. The Bertz CT molecular complexity index is 1150. The van der Waals surface area contributed by atoms with E-state index in [1.54, 1.807) is 16.9 Å². The van der Waals surface area contributed by atoms with Crippen LogP contribution in [0.4, 0.5) is 8.78 Å². The molecule has 0 fully saturated rings. The van der Waals surface area contributed by atoms with Crippen LogP contribution in [0.25, 0.3) is 33.4 Å². The van der Waals surface area contributed by atoms with Crippen LogP contribution in [-0.4, -0.2) is 31.0 Å². The zero-order valence-electron chi connectivity index (χ0n) is 15.8. The van der Waals surface area contributed by atoms with Crippen molar-refractivity contribution in [1.82, 2.24) is 30.3 Å². The van der Waals surface area contributed by atoms with Gasteiger partial charge in [0.15, 0.2) is 0 Å². The van der Waals surface area contributed by atoms with E-state index in [2.05, 4.69) is 25.6 Å². The maximum Gasteiger partial charge on any atom is 0.140 e. The maximum absolute atomic E-state index is 15.1. The van der Waals surface area contributed by atoms with E-state index in [0.717, 1.165) is 10.9 Å². The van der Waals surface area contributed by atoms with Crippen LogP contribution in [0.3, 0.4) is 0 Å². The van der Waals surface area contributed by atoms with E-state index in [1.165, 1.54) is 18.3 Å². The van der Waals surface area contributed by atoms with E-state index >= 15 is 4.39 Å². The fourth-order valence-electron chi connectivity index (χ4n) is 3.10. The molecule has 0 aliphatic carbocycles. The standard InChI is InChI=1S/C20H20F2N6/c1-11(2)23-7-12-4-5-15(21)18(19(12)22)16-6-14-17(9-24-16)26-27-20(14)13-8-25-28(3)10-13/h4-6,8-11,23H,7H2,1-3H3,(H,26,27). The summed E-state index contributed by atoms with van der Waals surface area (Å²) in [6, 6.07) is 4.58. The number of hydrogen-bond acceptors (Lipinski definition) is 4. The summed E-state index contributed by atoms with van der Waals surface area (Å²) in [5, 5.41) is 15.2. The number of hydrogen-bond donors (Lipinski definition) is 2. The first-order valence-corrected chi connectivity index (χ1v) is 8.98. The van der Waals surface area contributed by atoms with Gasteiger partial charge in [-0.15, -0.1) is 0 Å². The molecule has 0 saturated heterocycles. The summed E-state index contributed by atoms with van der Waals surface area (Å²) < 4.78 is 31.3. The highest BCUT2D eigenvalue weighted by Gasteiger charge is 2.19. The number of H-pyrrole nitrogens is 1. The number of nitrogens with zero attached hydrogens (tertiary/aromatic N) is 4. The molecule has 4 rings (SSSR count). The van der Waals surface area contributed by atoms with E-state index < -0.39 is 11.6 Å². The van der Waals surface area contributed by atoms with Crippen molar-refractivity contribution in [2.45, 2.75) is 26.4 Å². The Balaban J connectivity index is 1.82. The third kappa shape index (κ3) is 3.27. The fourth-order valence-corrected chi connectivity index (χ4v) is 3.10. The molecule has 3 aromatic heterocycles. The van der Waals surface area contributed by atoms with Crippen molar-refractivity contribution in [3.05, 3.63) is 54.0 Å². The molecule has 144 valence electrons. The molecule has 1 aromatic carbocycles. The van der Waals surface area contributed by atoms with Gasteiger partial charge in [-0.3, -0.25) is 14.8 Å². The Kier molecular flexibility index (Phi) is 4.64. The van der Waals surface area contributed by atoms with Crippen LogP contribution in [0.2, 0.25) is 0 Å². The Morgan fingerprint density at radius 1 is 1.21 bits per heavy atom. The third-order valence-electron chi connectivity index (χ3n) is 4.55. The van der Waals surface area contributed by atoms with Gasteiger partial charge < -0.3 is 5.32 Å². The smallest absolute Gasteiger partial charge is 0.140 e. The van der Waals surface area contributed by atoms with Crippen LogP contribution in [0.1, 0.15) is 19.4 Å². The normalized spacial score (nSPS) is 11.6. The molecule has 28 heavy (non-hydrogen) atoms. The van der Waals surface area contributed by atoms with Crippen LogP contribution >= 0.6 is 0 Å². The van der Waals surface area contributed by atoms with Gasteiger partial charge in [0.25, 0.3) is 0 Å². The third-order valence-corrected chi connectivity index (χ3v) is 4.55. The maximum atomic E-state index is 15.1. The molecule has 0 atom stereocenters. The van der Waals surface area contributed by atoms with Gasteiger partial charge in [0, 0.05) is 42.3 Å². The minimum Gasteiger partial charge on any atom is -0.310 e. The molecule has 3 heterocycles. The SMILES string of the molecule is CC(C)NCc1ccc(F)c(-c2cc3c(-c4cnn(C)c4)n[nH]c3cn2)c1F. The van der Waals surface area contributed by atoms with E-state index in [9.17, 15) is 4.39 Å². The molecule has 0 unspecified atom stereocenters. The van der Waals surface area contributed by atoms with Crippen molar-refractivity contribution in [3.63, 3.8) is 0 Å². The van der Waals surface area contributed by atoms with Gasteiger partial charge in [0.2, 0.25) is 0 Å². The molecule has 0 bridgehead atoms. The van der Waals surface area contributed by atoms with Gasteiger partial charge in [0.1, 0.15) is 17.3 Å².